The van der Waals surface area contributed by atoms with Gasteiger partial charge in [-0.3, -0.25) is 4.98 Å². The number of amides is 1. The highest BCUT2D eigenvalue weighted by Gasteiger charge is 2.27. The molecule has 2 aromatic heterocycles. The topological polar surface area (TPSA) is 135 Å². The van der Waals surface area contributed by atoms with E-state index in [0.29, 0.717) is 17.1 Å². The highest BCUT2D eigenvalue weighted by molar-refractivity contribution is 7.89. The zero-order valence-corrected chi connectivity index (χ0v) is 25.2. The third kappa shape index (κ3) is 7.55. The predicted octanol–water partition coefficient (Wildman–Crippen LogP) is 5.93. The van der Waals surface area contributed by atoms with Crippen molar-refractivity contribution in [2.45, 2.75) is 89.2 Å². The molecule has 40 heavy (non-hydrogen) atoms. The van der Waals surface area contributed by atoms with Crippen molar-refractivity contribution in [2.75, 3.05) is 11.9 Å². The molecule has 1 aliphatic rings. The lowest BCUT2D eigenvalue weighted by Crippen LogP contribution is -2.38. The Morgan fingerprint density at radius 1 is 1.05 bits per heavy atom. The van der Waals surface area contributed by atoms with Crippen LogP contribution in [0.1, 0.15) is 82.8 Å². The Kier molecular flexibility index (Phi) is 9.75. The number of carbonyl (C=O) groups excluding carboxylic acids is 1. The molecule has 0 unspecified atom stereocenters. The second-order valence-electron chi connectivity index (χ2n) is 10.5. The van der Waals surface area contributed by atoms with Crippen molar-refractivity contribution in [1.82, 2.24) is 25.0 Å². The van der Waals surface area contributed by atoms with Crippen LogP contribution in [0.15, 0.2) is 41.7 Å². The van der Waals surface area contributed by atoms with Crippen LogP contribution in [0.3, 0.4) is 0 Å². The maximum absolute atomic E-state index is 13.2. The Balaban J connectivity index is 1.52. The smallest absolute Gasteiger partial charge is 0.407 e. The molecule has 1 fully saturated rings. The summed E-state index contributed by atoms with van der Waals surface area (Å²) >= 11 is 1.52. The predicted molar refractivity (Wildman–Crippen MR) is 158 cm³/mol. The average molecular weight is 587 g/mol. The van der Waals surface area contributed by atoms with Gasteiger partial charge in [-0.2, -0.15) is 0 Å². The summed E-state index contributed by atoms with van der Waals surface area (Å²) in [5, 5.41) is 7.10. The van der Waals surface area contributed by atoms with E-state index >= 15 is 0 Å². The van der Waals surface area contributed by atoms with E-state index in [0.717, 1.165) is 41.3 Å². The van der Waals surface area contributed by atoms with Crippen LogP contribution < -0.4 is 15.4 Å². The van der Waals surface area contributed by atoms with Crippen molar-refractivity contribution in [3.63, 3.8) is 0 Å². The van der Waals surface area contributed by atoms with Gasteiger partial charge in [0.15, 0.2) is 0 Å². The summed E-state index contributed by atoms with van der Waals surface area (Å²) in [4.78, 5) is 26.4. The Labute approximate surface area is 240 Å². The third-order valence-corrected chi connectivity index (χ3v) is 9.45. The quantitative estimate of drug-likeness (QED) is 0.266. The highest BCUT2D eigenvalue weighted by atomic mass is 32.2. The summed E-state index contributed by atoms with van der Waals surface area (Å²) in [7, 11) is -3.76. The number of carbonyl (C=O) groups is 1. The minimum atomic E-state index is -3.76. The molecule has 10 nitrogen and oxygen atoms in total. The zero-order chi connectivity index (χ0) is 28.9. The van der Waals surface area contributed by atoms with E-state index in [4.69, 9.17) is 4.74 Å². The molecule has 1 aromatic carbocycles. The Morgan fingerprint density at radius 3 is 2.42 bits per heavy atom. The van der Waals surface area contributed by atoms with Gasteiger partial charge in [-0.25, -0.2) is 27.9 Å². The Hall–Kier alpha value is -3.09. The lowest BCUT2D eigenvalue weighted by atomic mass is 9.86. The van der Waals surface area contributed by atoms with Gasteiger partial charge in [0.1, 0.15) is 5.82 Å². The fourth-order valence-corrected chi connectivity index (χ4v) is 7.12. The van der Waals surface area contributed by atoms with Crippen LogP contribution >= 0.6 is 11.3 Å². The number of ether oxygens (including phenoxy) is 1. The molecule has 0 radical (unpaired) electrons. The summed E-state index contributed by atoms with van der Waals surface area (Å²) in [6.07, 6.45) is 8.06. The van der Waals surface area contributed by atoms with E-state index in [1.807, 2.05) is 33.8 Å². The van der Waals surface area contributed by atoms with Crippen LogP contribution in [0.4, 0.5) is 16.3 Å². The van der Waals surface area contributed by atoms with E-state index in [1.54, 1.807) is 37.6 Å². The van der Waals surface area contributed by atoms with Gasteiger partial charge in [-0.1, -0.05) is 26.8 Å². The van der Waals surface area contributed by atoms with Gasteiger partial charge >= 0.3 is 6.09 Å². The van der Waals surface area contributed by atoms with Gasteiger partial charge in [0.25, 0.3) is 0 Å². The molecule has 3 aromatic rings. The van der Waals surface area contributed by atoms with Gasteiger partial charge in [0.2, 0.25) is 10.0 Å². The van der Waals surface area contributed by atoms with Crippen molar-refractivity contribution in [3.05, 3.63) is 47.5 Å². The van der Waals surface area contributed by atoms with Crippen LogP contribution in [0.5, 0.6) is 0 Å². The number of aromatic nitrogens is 3. The van der Waals surface area contributed by atoms with Crippen LogP contribution in [0.25, 0.3) is 10.4 Å². The maximum atomic E-state index is 13.2. The number of sulfonamides is 1. The molecule has 0 atom stereocenters. The van der Waals surface area contributed by atoms with E-state index in [1.165, 1.54) is 11.3 Å². The van der Waals surface area contributed by atoms with E-state index in [-0.39, 0.29) is 41.5 Å². The van der Waals surface area contributed by atoms with Crippen LogP contribution in [-0.2, 0) is 14.8 Å². The molecule has 0 bridgehead atoms. The standard InChI is InChI=1S/C28H38N6O4S2/c1-6-32-40(36,37)25-13-21(33-26-16-29-23(14-30-26)17(2)3)11-12-22(25)24-15-31-27(39-24)19-7-9-20(10-8-19)34-28(35)38-18(4)5/h11-20,32H,6-10H2,1-5H3,(H,30,33)(H,34,35). The Morgan fingerprint density at radius 2 is 1.80 bits per heavy atom. The van der Waals surface area contributed by atoms with Gasteiger partial charge in [0, 0.05) is 36.0 Å². The van der Waals surface area contributed by atoms with E-state index < -0.39 is 10.0 Å². The number of hydrogen-bond acceptors (Lipinski definition) is 9. The van der Waals surface area contributed by atoms with Crippen molar-refractivity contribution in [1.29, 1.82) is 0 Å². The minimum absolute atomic E-state index is 0.0881. The number of alkyl carbamates (subject to hydrolysis) is 1. The molecular weight excluding hydrogens is 548 g/mol. The average Bonchev–Trinajstić information content (AvgIpc) is 3.39. The second-order valence-corrected chi connectivity index (χ2v) is 13.3. The number of hydrogen-bond donors (Lipinski definition) is 3. The SMILES string of the molecule is CCNS(=O)(=O)c1cc(Nc2cnc(C(C)C)cn2)ccc1-c1cnc(C2CCC(NC(=O)OC(C)C)CC2)s1. The number of nitrogens with one attached hydrogen (secondary N) is 3. The van der Waals surface area contributed by atoms with Crippen molar-refractivity contribution < 1.29 is 17.9 Å². The molecule has 3 N–H and O–H groups in total. The third-order valence-electron chi connectivity index (χ3n) is 6.67. The number of anilines is 2. The fourth-order valence-electron chi connectivity index (χ4n) is 4.64. The minimum Gasteiger partial charge on any atom is -0.447 e. The maximum Gasteiger partial charge on any atom is 0.407 e. The second kappa shape index (κ2) is 13.0. The van der Waals surface area contributed by atoms with Gasteiger partial charge in [0.05, 0.1) is 39.0 Å². The number of rotatable bonds is 10. The van der Waals surface area contributed by atoms with Gasteiger partial charge in [-0.15, -0.1) is 11.3 Å². The normalized spacial score (nSPS) is 17.7. The summed E-state index contributed by atoms with van der Waals surface area (Å²) in [6.45, 7) is 9.78. The Bertz CT molecular complexity index is 1400. The monoisotopic (exact) mass is 586 g/mol. The van der Waals surface area contributed by atoms with Gasteiger partial charge in [-0.05, 0) is 57.6 Å². The fraction of sp³-hybridized carbons (Fsp3) is 0.500. The molecule has 1 saturated carbocycles. The molecule has 2 heterocycles. The van der Waals surface area contributed by atoms with Crippen molar-refractivity contribution >= 4 is 39.0 Å². The molecule has 216 valence electrons. The largest absolute Gasteiger partial charge is 0.447 e. The van der Waals surface area contributed by atoms with Crippen LogP contribution in [-0.4, -0.2) is 48.2 Å². The summed E-state index contributed by atoms with van der Waals surface area (Å²) < 4.78 is 34.3. The molecule has 1 amide bonds. The van der Waals surface area contributed by atoms with Gasteiger partial charge < -0.3 is 15.4 Å². The molecule has 4 rings (SSSR count). The molecular formula is C28H38N6O4S2. The van der Waals surface area contributed by atoms with Crippen LogP contribution in [0.2, 0.25) is 0 Å². The molecule has 0 spiro atoms. The first-order valence-corrected chi connectivity index (χ1v) is 16.0. The molecule has 0 saturated heterocycles. The first kappa shape index (κ1) is 29.9. The van der Waals surface area contributed by atoms with Crippen molar-refractivity contribution in [2.24, 2.45) is 0 Å². The summed E-state index contributed by atoms with van der Waals surface area (Å²) in [5.74, 6) is 1.06. The highest BCUT2D eigenvalue weighted by Crippen LogP contribution is 2.40. The van der Waals surface area contributed by atoms with E-state index in [2.05, 4.69) is 30.3 Å². The number of nitrogens with zero attached hydrogens (tertiary/aromatic N) is 3. The summed E-state index contributed by atoms with van der Waals surface area (Å²) in [6, 6.07) is 5.36. The summed E-state index contributed by atoms with van der Waals surface area (Å²) in [5.41, 5.74) is 2.08. The molecule has 12 heteroatoms. The lowest BCUT2D eigenvalue weighted by Gasteiger charge is -2.28. The molecule has 1 aliphatic carbocycles. The lowest BCUT2D eigenvalue weighted by molar-refractivity contribution is 0.109. The van der Waals surface area contributed by atoms with Crippen molar-refractivity contribution in [3.8, 4) is 10.4 Å². The van der Waals surface area contributed by atoms with Crippen LogP contribution in [0, 0.1) is 0 Å². The zero-order valence-electron chi connectivity index (χ0n) is 23.6. The number of thiazole rings is 1. The first-order valence-electron chi connectivity index (χ1n) is 13.7. The number of benzene rings is 1. The first-order chi connectivity index (χ1) is 19.1. The molecule has 0 aliphatic heterocycles. The van der Waals surface area contributed by atoms with E-state index in [9.17, 15) is 13.2 Å².